The molecule has 1 aromatic heterocycles. The minimum absolute atomic E-state index is 0.191. The van der Waals surface area contributed by atoms with Gasteiger partial charge in [-0.3, -0.25) is 14.4 Å². The molecule has 1 aromatic carbocycles. The van der Waals surface area contributed by atoms with E-state index in [1.54, 1.807) is 0 Å². The van der Waals surface area contributed by atoms with E-state index in [4.69, 9.17) is 4.84 Å². The van der Waals surface area contributed by atoms with Crippen molar-refractivity contribution in [3.05, 3.63) is 58.3 Å². The summed E-state index contributed by atoms with van der Waals surface area (Å²) in [6.07, 6.45) is -0.242. The lowest BCUT2D eigenvalue weighted by atomic mass is 10.0. The predicted molar refractivity (Wildman–Crippen MR) is 78.4 cm³/mol. The van der Waals surface area contributed by atoms with Crippen molar-refractivity contribution < 1.29 is 14.4 Å². The van der Waals surface area contributed by atoms with Crippen molar-refractivity contribution in [2.75, 3.05) is 0 Å². The van der Waals surface area contributed by atoms with Gasteiger partial charge in [-0.1, -0.05) is 36.4 Å². The van der Waals surface area contributed by atoms with Crippen molar-refractivity contribution in [1.29, 1.82) is 0 Å². The maximum absolute atomic E-state index is 12.0. The zero-order chi connectivity index (χ0) is 14.7. The van der Waals surface area contributed by atoms with Gasteiger partial charge < -0.3 is 5.32 Å². The van der Waals surface area contributed by atoms with Gasteiger partial charge in [0, 0.05) is 4.88 Å². The van der Waals surface area contributed by atoms with E-state index in [0.717, 1.165) is 10.4 Å². The van der Waals surface area contributed by atoms with Gasteiger partial charge in [-0.2, -0.15) is 0 Å². The third-order valence-corrected chi connectivity index (χ3v) is 4.11. The number of carbonyl (C=O) groups excluding carboxylic acids is 2. The Morgan fingerprint density at radius 2 is 2.05 bits per heavy atom. The van der Waals surface area contributed by atoms with Gasteiger partial charge in [-0.05, 0) is 17.0 Å². The number of hydrogen-bond acceptors (Lipinski definition) is 4. The van der Waals surface area contributed by atoms with Crippen LogP contribution in [0.1, 0.15) is 16.5 Å². The summed E-state index contributed by atoms with van der Waals surface area (Å²) < 4.78 is 0. The van der Waals surface area contributed by atoms with Crippen LogP contribution in [0.5, 0.6) is 0 Å². The molecule has 0 saturated carbocycles. The molecular formula is C15H14N2O3S. The predicted octanol–water partition coefficient (Wildman–Crippen LogP) is 1.58. The molecule has 1 aliphatic heterocycles. The molecule has 2 unspecified atom stereocenters. The average molecular weight is 302 g/mol. The van der Waals surface area contributed by atoms with Gasteiger partial charge in [-0.25, -0.2) is 5.48 Å². The average Bonchev–Trinajstić information content (AvgIpc) is 3.11. The van der Waals surface area contributed by atoms with Crippen LogP contribution in [0.15, 0.2) is 47.8 Å². The summed E-state index contributed by atoms with van der Waals surface area (Å²) in [7, 11) is 0. The maximum Gasteiger partial charge on any atom is 0.269 e. The summed E-state index contributed by atoms with van der Waals surface area (Å²) in [5.41, 5.74) is 3.18. The second kappa shape index (κ2) is 6.07. The number of nitrogens with one attached hydrogen (secondary N) is 2. The second-order valence-electron chi connectivity index (χ2n) is 4.72. The Bertz CT molecular complexity index is 628. The van der Waals surface area contributed by atoms with Crippen LogP contribution in [0.4, 0.5) is 0 Å². The fourth-order valence-electron chi connectivity index (χ4n) is 2.23. The highest BCUT2D eigenvalue weighted by molar-refractivity contribution is 7.10. The molecule has 0 spiro atoms. The molecule has 21 heavy (non-hydrogen) atoms. The van der Waals surface area contributed by atoms with Gasteiger partial charge in [0.15, 0.2) is 0 Å². The van der Waals surface area contributed by atoms with Crippen LogP contribution in [0, 0.1) is 0 Å². The van der Waals surface area contributed by atoms with Crippen LogP contribution in [0.2, 0.25) is 0 Å². The van der Waals surface area contributed by atoms with Crippen LogP contribution in [0.3, 0.4) is 0 Å². The van der Waals surface area contributed by atoms with E-state index in [9.17, 15) is 9.59 Å². The maximum atomic E-state index is 12.0. The lowest BCUT2D eigenvalue weighted by Gasteiger charge is -2.16. The van der Waals surface area contributed by atoms with Gasteiger partial charge in [-0.15, -0.1) is 11.3 Å². The van der Waals surface area contributed by atoms with Gasteiger partial charge >= 0.3 is 0 Å². The normalized spacial score (nSPS) is 21.0. The molecule has 6 heteroatoms. The molecular weight excluding hydrogens is 288 g/mol. The van der Waals surface area contributed by atoms with Crippen LogP contribution < -0.4 is 10.8 Å². The van der Waals surface area contributed by atoms with Crippen molar-refractivity contribution in [3.8, 4) is 0 Å². The smallest absolute Gasteiger partial charge is 0.269 e. The van der Waals surface area contributed by atoms with Gasteiger partial charge in [0.2, 0.25) is 5.91 Å². The van der Waals surface area contributed by atoms with Crippen LogP contribution in [-0.4, -0.2) is 17.9 Å². The second-order valence-corrected chi connectivity index (χ2v) is 5.75. The van der Waals surface area contributed by atoms with E-state index < -0.39 is 12.1 Å². The van der Waals surface area contributed by atoms with E-state index >= 15 is 0 Å². The minimum atomic E-state index is -0.708. The molecule has 2 N–H and O–H groups in total. The van der Waals surface area contributed by atoms with E-state index in [1.807, 2.05) is 47.8 Å². The fourth-order valence-corrected chi connectivity index (χ4v) is 2.93. The third-order valence-electron chi connectivity index (χ3n) is 3.23. The van der Waals surface area contributed by atoms with Gasteiger partial charge in [0.25, 0.3) is 5.91 Å². The number of benzene rings is 1. The highest BCUT2D eigenvalue weighted by Crippen LogP contribution is 2.24. The largest absolute Gasteiger partial charge is 0.341 e. The molecule has 2 heterocycles. The first kappa shape index (κ1) is 13.8. The summed E-state index contributed by atoms with van der Waals surface area (Å²) >= 11 is 1.51. The van der Waals surface area contributed by atoms with Crippen LogP contribution >= 0.6 is 11.3 Å². The summed E-state index contributed by atoms with van der Waals surface area (Å²) in [5.74, 6) is -0.521. The molecule has 5 nitrogen and oxygen atoms in total. The van der Waals surface area contributed by atoms with Gasteiger partial charge in [0.1, 0.15) is 12.1 Å². The SMILES string of the molecule is O=C(Cc1cccs1)NC1C(=O)NOC1c1ccccc1. The number of hydroxylamine groups is 1. The Labute approximate surface area is 125 Å². The highest BCUT2D eigenvalue weighted by Gasteiger charge is 2.38. The van der Waals surface area contributed by atoms with E-state index in [1.165, 1.54) is 11.3 Å². The minimum Gasteiger partial charge on any atom is -0.341 e. The Kier molecular flexibility index (Phi) is 3.98. The van der Waals surface area contributed by atoms with E-state index in [0.29, 0.717) is 0 Å². The lowest BCUT2D eigenvalue weighted by Crippen LogP contribution is -2.43. The first-order chi connectivity index (χ1) is 10.2. The topological polar surface area (TPSA) is 67.4 Å². The summed E-state index contributed by atoms with van der Waals surface area (Å²) in [6, 6.07) is 12.4. The number of hydrogen-bond donors (Lipinski definition) is 2. The Morgan fingerprint density at radius 1 is 1.24 bits per heavy atom. The van der Waals surface area contributed by atoms with E-state index in [-0.39, 0.29) is 18.2 Å². The number of thiophene rings is 1. The molecule has 2 amide bonds. The lowest BCUT2D eigenvalue weighted by molar-refractivity contribution is -0.128. The standard InChI is InChI=1S/C15H14N2O3S/c18-12(9-11-7-4-8-21-11)16-13-14(20-17-15(13)19)10-5-2-1-3-6-10/h1-8,13-14H,9H2,(H,16,18)(H,17,19). The molecule has 2 atom stereocenters. The van der Waals surface area contributed by atoms with Crippen molar-refractivity contribution in [3.63, 3.8) is 0 Å². The molecule has 0 aliphatic carbocycles. The van der Waals surface area contributed by atoms with E-state index in [2.05, 4.69) is 10.8 Å². The monoisotopic (exact) mass is 302 g/mol. The zero-order valence-corrected chi connectivity index (χ0v) is 11.9. The van der Waals surface area contributed by atoms with Crippen molar-refractivity contribution in [2.24, 2.45) is 0 Å². The fraction of sp³-hybridized carbons (Fsp3) is 0.200. The Morgan fingerprint density at radius 3 is 2.76 bits per heavy atom. The molecule has 1 aliphatic rings. The molecule has 0 radical (unpaired) electrons. The highest BCUT2D eigenvalue weighted by atomic mass is 32.1. The molecule has 2 aromatic rings. The van der Waals surface area contributed by atoms with Crippen molar-refractivity contribution >= 4 is 23.2 Å². The molecule has 0 bridgehead atoms. The Hall–Kier alpha value is -2.18. The molecule has 108 valence electrons. The summed E-state index contributed by atoms with van der Waals surface area (Å²) in [5, 5.41) is 4.66. The molecule has 1 saturated heterocycles. The quantitative estimate of drug-likeness (QED) is 0.901. The number of rotatable bonds is 4. The first-order valence-corrected chi connectivity index (χ1v) is 7.44. The summed E-state index contributed by atoms with van der Waals surface area (Å²) in [6.45, 7) is 0. The van der Waals surface area contributed by atoms with Crippen molar-refractivity contribution in [1.82, 2.24) is 10.8 Å². The Balaban J connectivity index is 1.70. The third kappa shape index (κ3) is 3.12. The first-order valence-electron chi connectivity index (χ1n) is 6.56. The molecule has 1 fully saturated rings. The summed E-state index contributed by atoms with van der Waals surface area (Å²) in [4.78, 5) is 30.1. The zero-order valence-electron chi connectivity index (χ0n) is 11.1. The van der Waals surface area contributed by atoms with Crippen LogP contribution in [-0.2, 0) is 20.8 Å². The molecule has 3 rings (SSSR count). The number of amides is 2. The number of carbonyl (C=O) groups is 2. The van der Waals surface area contributed by atoms with Gasteiger partial charge in [0.05, 0.1) is 6.42 Å². The van der Waals surface area contributed by atoms with Crippen molar-refractivity contribution in [2.45, 2.75) is 18.6 Å². The van der Waals surface area contributed by atoms with Crippen LogP contribution in [0.25, 0.3) is 0 Å².